The van der Waals surface area contributed by atoms with E-state index in [9.17, 15) is 9.18 Å². The first-order valence-corrected chi connectivity index (χ1v) is 11.0. The van der Waals surface area contributed by atoms with Crippen LogP contribution >= 0.6 is 34.7 Å². The third kappa shape index (κ3) is 5.90. The van der Waals surface area contributed by atoms with Gasteiger partial charge in [-0.1, -0.05) is 23.4 Å². The predicted octanol–water partition coefficient (Wildman–Crippen LogP) is 5.91. The van der Waals surface area contributed by atoms with E-state index in [1.807, 2.05) is 6.07 Å². The van der Waals surface area contributed by atoms with Crippen LogP contribution in [0.3, 0.4) is 0 Å². The first kappa shape index (κ1) is 22.5. The van der Waals surface area contributed by atoms with Gasteiger partial charge in [0.05, 0.1) is 16.3 Å². The van der Waals surface area contributed by atoms with Crippen molar-refractivity contribution in [3.05, 3.63) is 52.8 Å². The Morgan fingerprint density at radius 2 is 2.07 bits per heavy atom. The summed E-state index contributed by atoms with van der Waals surface area (Å²) in [5.74, 6) is -0.606. The Bertz CT molecular complexity index is 1040. The molecular weight excluding hydrogens is 447 g/mol. The maximum atomic E-state index is 14.4. The van der Waals surface area contributed by atoms with E-state index in [0.29, 0.717) is 21.4 Å². The fourth-order valence-electron chi connectivity index (χ4n) is 2.36. The molecule has 3 aromatic heterocycles. The third-order valence-corrected chi connectivity index (χ3v) is 6.06. The Balaban J connectivity index is 1.91. The van der Waals surface area contributed by atoms with E-state index in [0.717, 1.165) is 9.10 Å². The van der Waals surface area contributed by atoms with Crippen molar-refractivity contribution in [1.29, 1.82) is 0 Å². The van der Waals surface area contributed by atoms with E-state index in [2.05, 4.69) is 15.0 Å². The van der Waals surface area contributed by atoms with Gasteiger partial charge in [0, 0.05) is 24.3 Å². The number of aromatic nitrogens is 3. The van der Waals surface area contributed by atoms with Crippen LogP contribution in [0.4, 0.5) is 9.18 Å². The van der Waals surface area contributed by atoms with Gasteiger partial charge in [0.15, 0.2) is 0 Å². The number of nitrogens with zero attached hydrogens (tertiary/aromatic N) is 4. The Morgan fingerprint density at radius 3 is 2.70 bits per heavy atom. The van der Waals surface area contributed by atoms with Gasteiger partial charge in [-0.3, -0.25) is 0 Å². The van der Waals surface area contributed by atoms with Gasteiger partial charge in [-0.2, -0.15) is 4.39 Å². The number of rotatable bonds is 5. The number of carbonyl (C=O) groups is 1. The highest BCUT2D eigenvalue weighted by molar-refractivity contribution is 8.01. The van der Waals surface area contributed by atoms with Gasteiger partial charge in [0.25, 0.3) is 0 Å². The molecule has 1 amide bonds. The van der Waals surface area contributed by atoms with Gasteiger partial charge < -0.3 is 9.64 Å². The maximum absolute atomic E-state index is 14.4. The monoisotopic (exact) mass is 466 g/mol. The largest absolute Gasteiger partial charge is 0.444 e. The molecule has 0 unspecified atom stereocenters. The zero-order valence-electron chi connectivity index (χ0n) is 16.8. The maximum Gasteiger partial charge on any atom is 0.410 e. The molecule has 0 N–H and O–H groups in total. The molecule has 0 fully saturated rings. The summed E-state index contributed by atoms with van der Waals surface area (Å²) in [6, 6.07) is 6.80. The lowest BCUT2D eigenvalue weighted by Crippen LogP contribution is -2.33. The minimum Gasteiger partial charge on any atom is -0.444 e. The molecular formula is C20H20ClFN4O2S2. The van der Waals surface area contributed by atoms with Crippen molar-refractivity contribution in [3.8, 4) is 11.3 Å². The molecule has 0 radical (unpaired) electrons. The second kappa shape index (κ2) is 9.28. The number of halogens is 2. The molecule has 0 aromatic carbocycles. The van der Waals surface area contributed by atoms with E-state index in [4.69, 9.17) is 16.3 Å². The zero-order chi connectivity index (χ0) is 21.9. The van der Waals surface area contributed by atoms with Gasteiger partial charge in [-0.25, -0.2) is 19.7 Å². The molecule has 0 spiro atoms. The Kier molecular flexibility index (Phi) is 6.95. The van der Waals surface area contributed by atoms with Crippen molar-refractivity contribution in [2.45, 2.75) is 42.0 Å². The summed E-state index contributed by atoms with van der Waals surface area (Å²) in [5.41, 5.74) is 0.170. The van der Waals surface area contributed by atoms with Crippen LogP contribution in [0.15, 0.2) is 45.8 Å². The molecule has 10 heteroatoms. The van der Waals surface area contributed by atoms with Crippen LogP contribution in [-0.2, 0) is 11.3 Å². The Morgan fingerprint density at radius 1 is 1.30 bits per heavy atom. The molecule has 0 bridgehead atoms. The van der Waals surface area contributed by atoms with Crippen molar-refractivity contribution < 1.29 is 13.9 Å². The molecule has 3 aromatic rings. The lowest BCUT2D eigenvalue weighted by atomic mass is 10.2. The van der Waals surface area contributed by atoms with Gasteiger partial charge in [0.1, 0.15) is 21.5 Å². The van der Waals surface area contributed by atoms with Crippen molar-refractivity contribution in [2.24, 2.45) is 0 Å². The third-order valence-electron chi connectivity index (χ3n) is 3.64. The van der Waals surface area contributed by atoms with Crippen molar-refractivity contribution in [1.82, 2.24) is 19.9 Å². The Hall–Kier alpha value is -2.23. The molecule has 30 heavy (non-hydrogen) atoms. The average Bonchev–Trinajstić information content (AvgIpc) is 3.04. The summed E-state index contributed by atoms with van der Waals surface area (Å²) in [6.07, 6.45) is 2.57. The molecule has 0 saturated carbocycles. The highest BCUT2D eigenvalue weighted by Gasteiger charge is 2.23. The topological polar surface area (TPSA) is 68.2 Å². The van der Waals surface area contributed by atoms with E-state index in [-0.39, 0.29) is 6.54 Å². The molecule has 6 nitrogen and oxygen atoms in total. The lowest BCUT2D eigenvalue weighted by molar-refractivity contribution is 0.0285. The molecule has 3 rings (SSSR count). The first-order valence-electron chi connectivity index (χ1n) is 8.96. The normalized spacial score (nSPS) is 11.4. The van der Waals surface area contributed by atoms with E-state index < -0.39 is 17.6 Å². The molecule has 0 aliphatic rings. The lowest BCUT2D eigenvalue weighted by Gasteiger charge is -2.24. The highest BCUT2D eigenvalue weighted by Crippen LogP contribution is 2.40. The zero-order valence-corrected chi connectivity index (χ0v) is 19.2. The summed E-state index contributed by atoms with van der Waals surface area (Å²) in [7, 11) is 1.63. The van der Waals surface area contributed by atoms with Gasteiger partial charge in [-0.05, 0) is 45.0 Å². The van der Waals surface area contributed by atoms with E-state index >= 15 is 0 Å². The molecule has 3 heterocycles. The average molecular weight is 467 g/mol. The van der Waals surface area contributed by atoms with Gasteiger partial charge >= 0.3 is 6.09 Å². The van der Waals surface area contributed by atoms with Gasteiger partial charge in [-0.15, -0.1) is 11.3 Å². The summed E-state index contributed by atoms with van der Waals surface area (Å²) in [5, 5.41) is 1.04. The minimum atomic E-state index is -0.606. The SMILES string of the molecule is CN(Cc1nc(-c2cccnc2F)c(Sc2ccc(Cl)nc2)s1)C(=O)OC(C)(C)C. The van der Waals surface area contributed by atoms with Gasteiger partial charge in [0.2, 0.25) is 5.95 Å². The molecule has 0 aliphatic carbocycles. The van der Waals surface area contributed by atoms with Crippen LogP contribution in [0.2, 0.25) is 5.15 Å². The van der Waals surface area contributed by atoms with Crippen molar-refractivity contribution in [2.75, 3.05) is 7.05 Å². The van der Waals surface area contributed by atoms with Crippen LogP contribution in [0, 0.1) is 5.95 Å². The van der Waals surface area contributed by atoms with E-state index in [1.165, 1.54) is 34.2 Å². The second-order valence-electron chi connectivity index (χ2n) is 7.34. The van der Waals surface area contributed by atoms with Crippen LogP contribution in [0.25, 0.3) is 11.3 Å². The number of amides is 1. The molecule has 158 valence electrons. The van der Waals surface area contributed by atoms with Crippen LogP contribution in [-0.4, -0.2) is 38.6 Å². The predicted molar refractivity (Wildman–Crippen MR) is 116 cm³/mol. The number of pyridine rings is 2. The van der Waals surface area contributed by atoms with Crippen LogP contribution in [0.5, 0.6) is 0 Å². The summed E-state index contributed by atoms with van der Waals surface area (Å²) < 4.78 is 20.5. The van der Waals surface area contributed by atoms with E-state index in [1.54, 1.807) is 52.2 Å². The number of hydrogen-bond acceptors (Lipinski definition) is 7. The quantitative estimate of drug-likeness (QED) is 0.435. The molecule has 0 saturated heterocycles. The smallest absolute Gasteiger partial charge is 0.410 e. The summed E-state index contributed by atoms with van der Waals surface area (Å²) in [6.45, 7) is 5.65. The number of hydrogen-bond donors (Lipinski definition) is 0. The van der Waals surface area contributed by atoms with Crippen molar-refractivity contribution >= 4 is 40.8 Å². The fraction of sp³-hybridized carbons (Fsp3) is 0.300. The standard InChI is InChI=1S/C20H20ClFN4O2S2/c1-20(2,3)28-19(27)26(4)11-15-25-16(13-6-5-9-23-17(13)22)18(30-15)29-12-7-8-14(21)24-10-12/h5-10H,11H2,1-4H3. The minimum absolute atomic E-state index is 0.230. The fourth-order valence-corrected chi connectivity index (χ4v) is 4.78. The first-order chi connectivity index (χ1) is 14.1. The van der Waals surface area contributed by atoms with Crippen molar-refractivity contribution in [3.63, 3.8) is 0 Å². The number of carbonyl (C=O) groups excluding carboxylic acids is 1. The molecule has 0 atom stereocenters. The Labute approximate surface area is 187 Å². The summed E-state index contributed by atoms with van der Waals surface area (Å²) >= 11 is 8.63. The highest BCUT2D eigenvalue weighted by atomic mass is 35.5. The van der Waals surface area contributed by atoms with Crippen LogP contribution in [0.1, 0.15) is 25.8 Å². The number of thiazole rings is 1. The molecule has 0 aliphatic heterocycles. The summed E-state index contributed by atoms with van der Waals surface area (Å²) in [4.78, 5) is 27.0. The second-order valence-corrected chi connectivity index (χ2v) is 10.2. The van der Waals surface area contributed by atoms with Crippen LogP contribution < -0.4 is 0 Å². The number of ether oxygens (including phenoxy) is 1.